The summed E-state index contributed by atoms with van der Waals surface area (Å²) in [6, 6.07) is 3.38. The maximum absolute atomic E-state index is 11.6. The normalized spacial score (nSPS) is 11.6. The number of hydrogen-bond acceptors (Lipinski definition) is 5. The Kier molecular flexibility index (Phi) is 6.00. The summed E-state index contributed by atoms with van der Waals surface area (Å²) in [5, 5.41) is 3.11. The van der Waals surface area contributed by atoms with E-state index in [4.69, 9.17) is 4.74 Å². The predicted molar refractivity (Wildman–Crippen MR) is 75.4 cm³/mol. The van der Waals surface area contributed by atoms with E-state index >= 15 is 0 Å². The summed E-state index contributed by atoms with van der Waals surface area (Å²) in [4.78, 5) is 4.12. The number of ether oxygens (including phenoxy) is 1. The van der Waals surface area contributed by atoms with Gasteiger partial charge in [-0.05, 0) is 18.6 Å². The third-order valence-electron chi connectivity index (χ3n) is 2.32. The van der Waals surface area contributed by atoms with E-state index in [1.807, 2.05) is 0 Å². The molecule has 19 heavy (non-hydrogen) atoms. The van der Waals surface area contributed by atoms with Crippen molar-refractivity contribution in [3.05, 3.63) is 18.3 Å². The van der Waals surface area contributed by atoms with Gasteiger partial charge in [0.25, 0.3) is 0 Å². The van der Waals surface area contributed by atoms with Crippen molar-refractivity contribution < 1.29 is 13.2 Å². The summed E-state index contributed by atoms with van der Waals surface area (Å²) in [7, 11) is 1.09. The van der Waals surface area contributed by atoms with E-state index in [0.29, 0.717) is 18.1 Å². The maximum Gasteiger partial charge on any atom is 0.301 e. The van der Waals surface area contributed by atoms with Crippen LogP contribution >= 0.6 is 0 Å². The molecule has 0 saturated heterocycles. The number of rotatable bonds is 8. The maximum atomic E-state index is 11.6. The molecule has 0 fully saturated rings. The van der Waals surface area contributed by atoms with Gasteiger partial charge in [-0.1, -0.05) is 0 Å². The molecule has 8 heteroatoms. The Labute approximate surface area is 114 Å². The summed E-state index contributed by atoms with van der Waals surface area (Å²) >= 11 is 0. The van der Waals surface area contributed by atoms with Crippen LogP contribution in [0, 0.1) is 0 Å². The molecule has 1 rings (SSSR count). The highest BCUT2D eigenvalue weighted by Crippen LogP contribution is 2.11. The molecular formula is C11H20N4O3S. The molecule has 108 valence electrons. The second-order valence-electron chi connectivity index (χ2n) is 4.09. The van der Waals surface area contributed by atoms with Crippen LogP contribution in [0.15, 0.2) is 18.3 Å². The van der Waals surface area contributed by atoms with E-state index in [1.54, 1.807) is 19.2 Å². The van der Waals surface area contributed by atoms with E-state index < -0.39 is 10.2 Å². The highest BCUT2D eigenvalue weighted by atomic mass is 32.2. The Morgan fingerprint density at radius 3 is 2.63 bits per heavy atom. The molecule has 1 aromatic rings. The van der Waals surface area contributed by atoms with Gasteiger partial charge in [0.2, 0.25) is 0 Å². The molecule has 0 aliphatic carbocycles. The first-order valence-electron chi connectivity index (χ1n) is 5.85. The van der Waals surface area contributed by atoms with Crippen molar-refractivity contribution in [2.75, 3.05) is 44.4 Å². The average molecular weight is 288 g/mol. The molecule has 2 N–H and O–H groups in total. The van der Waals surface area contributed by atoms with Crippen LogP contribution in [-0.2, 0) is 14.9 Å². The molecule has 0 atom stereocenters. The number of aromatic nitrogens is 1. The minimum Gasteiger partial charge on any atom is -0.385 e. The van der Waals surface area contributed by atoms with Crippen molar-refractivity contribution in [1.29, 1.82) is 0 Å². The largest absolute Gasteiger partial charge is 0.385 e. The summed E-state index contributed by atoms with van der Waals surface area (Å²) in [5.41, 5.74) is 0.427. The van der Waals surface area contributed by atoms with Gasteiger partial charge < -0.3 is 10.1 Å². The van der Waals surface area contributed by atoms with E-state index in [1.165, 1.54) is 20.3 Å². The lowest BCUT2D eigenvalue weighted by atomic mass is 10.4. The van der Waals surface area contributed by atoms with E-state index in [2.05, 4.69) is 15.0 Å². The Balaban J connectivity index is 2.52. The number of nitrogens with zero attached hydrogens (tertiary/aromatic N) is 2. The van der Waals surface area contributed by atoms with Gasteiger partial charge in [0.15, 0.2) is 0 Å². The van der Waals surface area contributed by atoms with Crippen molar-refractivity contribution in [2.24, 2.45) is 0 Å². The molecule has 0 saturated carbocycles. The monoisotopic (exact) mass is 288 g/mol. The molecule has 0 spiro atoms. The van der Waals surface area contributed by atoms with Crippen molar-refractivity contribution >= 4 is 21.7 Å². The van der Waals surface area contributed by atoms with Crippen LogP contribution in [-0.4, -0.2) is 52.1 Å². The first-order chi connectivity index (χ1) is 8.95. The highest BCUT2D eigenvalue weighted by Gasteiger charge is 2.12. The van der Waals surface area contributed by atoms with Gasteiger partial charge in [0.05, 0.1) is 11.9 Å². The topological polar surface area (TPSA) is 83.6 Å². The van der Waals surface area contributed by atoms with Crippen LogP contribution < -0.4 is 10.0 Å². The van der Waals surface area contributed by atoms with Crippen molar-refractivity contribution in [1.82, 2.24) is 9.29 Å². The zero-order valence-corrected chi connectivity index (χ0v) is 12.2. The average Bonchev–Trinajstić information content (AvgIpc) is 2.36. The van der Waals surface area contributed by atoms with Gasteiger partial charge in [0, 0.05) is 34.4 Å². The van der Waals surface area contributed by atoms with Crippen LogP contribution in [0.5, 0.6) is 0 Å². The summed E-state index contributed by atoms with van der Waals surface area (Å²) < 4.78 is 31.6. The molecule has 0 radical (unpaired) electrons. The first-order valence-corrected chi connectivity index (χ1v) is 7.29. The standard InChI is InChI=1S/C11H20N4O3S/c1-15(2)19(16,17)14-10-5-6-11(13-9-10)12-7-4-8-18-3/h5-6,9,14H,4,7-8H2,1-3H3,(H,12,13). The van der Waals surface area contributed by atoms with Gasteiger partial charge in [-0.25, -0.2) is 4.98 Å². The van der Waals surface area contributed by atoms with E-state index in [0.717, 1.165) is 17.3 Å². The molecule has 0 amide bonds. The highest BCUT2D eigenvalue weighted by molar-refractivity contribution is 7.90. The lowest BCUT2D eigenvalue weighted by Gasteiger charge is -2.13. The summed E-state index contributed by atoms with van der Waals surface area (Å²) in [5.74, 6) is 0.698. The SMILES string of the molecule is COCCCNc1ccc(NS(=O)(=O)N(C)C)cn1. The Morgan fingerprint density at radius 1 is 1.37 bits per heavy atom. The summed E-state index contributed by atoms with van der Waals surface area (Å²) in [6.45, 7) is 1.44. The number of hydrogen-bond donors (Lipinski definition) is 2. The molecule has 0 unspecified atom stereocenters. The van der Waals surface area contributed by atoms with Gasteiger partial charge in [-0.3, -0.25) is 4.72 Å². The van der Waals surface area contributed by atoms with E-state index in [9.17, 15) is 8.42 Å². The molecule has 0 bridgehead atoms. The van der Waals surface area contributed by atoms with E-state index in [-0.39, 0.29) is 0 Å². The molecule has 0 aliphatic heterocycles. The number of pyridine rings is 1. The fourth-order valence-corrected chi connectivity index (χ4v) is 1.83. The number of nitrogens with one attached hydrogen (secondary N) is 2. The van der Waals surface area contributed by atoms with Gasteiger partial charge in [0.1, 0.15) is 5.82 Å². The fourth-order valence-electron chi connectivity index (χ4n) is 1.23. The Morgan fingerprint density at radius 2 is 2.11 bits per heavy atom. The zero-order valence-electron chi connectivity index (χ0n) is 11.4. The smallest absolute Gasteiger partial charge is 0.301 e. The van der Waals surface area contributed by atoms with Crippen molar-refractivity contribution in [3.8, 4) is 0 Å². The quantitative estimate of drug-likeness (QED) is 0.690. The Bertz CT molecular complexity index is 473. The molecule has 0 aromatic carbocycles. The third kappa shape index (κ3) is 5.41. The lowest BCUT2D eigenvalue weighted by molar-refractivity contribution is 0.198. The lowest BCUT2D eigenvalue weighted by Crippen LogP contribution is -2.28. The van der Waals surface area contributed by atoms with Crippen LogP contribution in [0.25, 0.3) is 0 Å². The molecule has 0 aliphatic rings. The summed E-state index contributed by atoms with van der Waals surface area (Å²) in [6.07, 6.45) is 2.35. The number of methoxy groups -OCH3 is 1. The first kappa shape index (κ1) is 15.7. The van der Waals surface area contributed by atoms with Gasteiger partial charge in [-0.15, -0.1) is 0 Å². The van der Waals surface area contributed by atoms with Crippen LogP contribution in [0.4, 0.5) is 11.5 Å². The minimum atomic E-state index is -3.48. The second kappa shape index (κ2) is 7.27. The molecule has 1 heterocycles. The van der Waals surface area contributed by atoms with Crippen LogP contribution in [0.3, 0.4) is 0 Å². The Hall–Kier alpha value is -1.38. The number of anilines is 2. The van der Waals surface area contributed by atoms with Gasteiger partial charge in [-0.2, -0.15) is 12.7 Å². The molecule has 1 aromatic heterocycles. The zero-order chi connectivity index (χ0) is 14.3. The fraction of sp³-hybridized carbons (Fsp3) is 0.545. The third-order valence-corrected chi connectivity index (χ3v) is 3.78. The molecular weight excluding hydrogens is 268 g/mol. The predicted octanol–water partition coefficient (Wildman–Crippen LogP) is 0.748. The molecule has 7 nitrogen and oxygen atoms in total. The van der Waals surface area contributed by atoms with Crippen LogP contribution in [0.1, 0.15) is 6.42 Å². The van der Waals surface area contributed by atoms with Crippen LogP contribution in [0.2, 0.25) is 0 Å². The van der Waals surface area contributed by atoms with Gasteiger partial charge >= 0.3 is 10.2 Å². The van der Waals surface area contributed by atoms with Crippen molar-refractivity contribution in [2.45, 2.75) is 6.42 Å². The van der Waals surface area contributed by atoms with Crippen molar-refractivity contribution in [3.63, 3.8) is 0 Å². The second-order valence-corrected chi connectivity index (χ2v) is 5.98. The minimum absolute atomic E-state index is 0.427.